The van der Waals surface area contributed by atoms with E-state index in [1.54, 1.807) is 10.7 Å². The zero-order valence-electron chi connectivity index (χ0n) is 15.4. The van der Waals surface area contributed by atoms with Crippen LogP contribution in [0.15, 0.2) is 54.6 Å². The highest BCUT2D eigenvalue weighted by atomic mass is 19.1. The van der Waals surface area contributed by atoms with Crippen LogP contribution in [0.1, 0.15) is 36.8 Å². The molecule has 3 aromatic rings. The number of rotatable bonds is 3. The Kier molecular flexibility index (Phi) is 4.64. The quantitative estimate of drug-likeness (QED) is 0.738. The molecule has 0 saturated heterocycles. The molecule has 4 nitrogen and oxygen atoms in total. The average Bonchev–Trinajstić information content (AvgIpc) is 2.98. The summed E-state index contributed by atoms with van der Waals surface area (Å²) in [6, 6.07) is 15.7. The van der Waals surface area contributed by atoms with Crippen molar-refractivity contribution in [2.75, 3.05) is 5.32 Å². The van der Waals surface area contributed by atoms with Gasteiger partial charge in [0.05, 0.1) is 5.69 Å². The lowest BCUT2D eigenvalue weighted by Gasteiger charge is -2.19. The number of anilines is 1. The summed E-state index contributed by atoms with van der Waals surface area (Å²) in [5.74, 6) is -0.674. The molecule has 0 fully saturated rings. The van der Waals surface area contributed by atoms with Gasteiger partial charge in [0.15, 0.2) is 5.69 Å². The summed E-state index contributed by atoms with van der Waals surface area (Å²) in [5, 5.41) is 7.03. The van der Waals surface area contributed by atoms with E-state index in [2.05, 4.69) is 43.3 Å². The normalized spacial score (nSPS) is 11.4. The zero-order chi connectivity index (χ0) is 18.9. The van der Waals surface area contributed by atoms with Crippen LogP contribution in [0, 0.1) is 5.82 Å². The lowest BCUT2D eigenvalue weighted by molar-refractivity contribution is 0.102. The third kappa shape index (κ3) is 3.82. The van der Waals surface area contributed by atoms with E-state index in [0.717, 1.165) is 11.3 Å². The monoisotopic (exact) mass is 351 g/mol. The van der Waals surface area contributed by atoms with Gasteiger partial charge in [-0.25, -0.2) is 4.39 Å². The van der Waals surface area contributed by atoms with Gasteiger partial charge in [0.25, 0.3) is 5.91 Å². The van der Waals surface area contributed by atoms with E-state index in [0.29, 0.717) is 11.4 Å². The lowest BCUT2D eigenvalue weighted by atomic mass is 9.86. The van der Waals surface area contributed by atoms with Gasteiger partial charge >= 0.3 is 0 Å². The third-order valence-corrected chi connectivity index (χ3v) is 4.26. The molecule has 0 bridgehead atoms. The first-order valence-corrected chi connectivity index (χ1v) is 8.46. The number of carbonyl (C=O) groups is 1. The number of aromatic nitrogens is 2. The Morgan fingerprint density at radius 1 is 1.04 bits per heavy atom. The highest BCUT2D eigenvalue weighted by molar-refractivity contribution is 6.03. The second-order valence-corrected chi connectivity index (χ2v) is 7.33. The van der Waals surface area contributed by atoms with Crippen molar-refractivity contribution < 1.29 is 9.18 Å². The molecule has 0 unspecified atom stereocenters. The second kappa shape index (κ2) is 6.75. The van der Waals surface area contributed by atoms with Gasteiger partial charge in [-0.1, -0.05) is 45.0 Å². The van der Waals surface area contributed by atoms with E-state index in [4.69, 9.17) is 0 Å². The van der Waals surface area contributed by atoms with Crippen molar-refractivity contribution in [2.24, 2.45) is 7.05 Å². The largest absolute Gasteiger partial charge is 0.321 e. The Bertz CT molecular complexity index is 919. The van der Waals surface area contributed by atoms with Gasteiger partial charge in [0.1, 0.15) is 5.82 Å². The molecule has 1 amide bonds. The molecule has 0 saturated carbocycles. The summed E-state index contributed by atoms with van der Waals surface area (Å²) in [4.78, 5) is 12.4. The number of aryl methyl sites for hydroxylation is 1. The molecule has 1 aromatic heterocycles. The molecule has 0 aliphatic heterocycles. The number of halogens is 1. The minimum atomic E-state index is -0.346. The van der Waals surface area contributed by atoms with Crippen LogP contribution in [-0.4, -0.2) is 15.7 Å². The molecule has 0 atom stereocenters. The number of hydrogen-bond donors (Lipinski definition) is 1. The van der Waals surface area contributed by atoms with Crippen LogP contribution >= 0.6 is 0 Å². The number of carbonyl (C=O) groups excluding carboxylic acids is 1. The summed E-state index contributed by atoms with van der Waals surface area (Å²) < 4.78 is 14.7. The Hall–Kier alpha value is -2.95. The maximum Gasteiger partial charge on any atom is 0.276 e. The van der Waals surface area contributed by atoms with Crippen molar-refractivity contribution in [1.29, 1.82) is 0 Å². The van der Waals surface area contributed by atoms with Crippen LogP contribution in [0.5, 0.6) is 0 Å². The first-order chi connectivity index (χ1) is 12.2. The van der Waals surface area contributed by atoms with Crippen molar-refractivity contribution in [3.05, 3.63) is 71.7 Å². The van der Waals surface area contributed by atoms with Crippen LogP contribution in [-0.2, 0) is 12.5 Å². The molecular formula is C21H22FN3O. The van der Waals surface area contributed by atoms with Crippen LogP contribution in [0.4, 0.5) is 10.1 Å². The third-order valence-electron chi connectivity index (χ3n) is 4.26. The Labute approximate surface area is 152 Å². The van der Waals surface area contributed by atoms with Gasteiger partial charge < -0.3 is 5.32 Å². The number of benzene rings is 2. The predicted octanol–water partition coefficient (Wildman–Crippen LogP) is 4.78. The molecule has 26 heavy (non-hydrogen) atoms. The van der Waals surface area contributed by atoms with Crippen LogP contribution in [0.25, 0.3) is 11.3 Å². The Morgan fingerprint density at radius 2 is 1.65 bits per heavy atom. The summed E-state index contributed by atoms with van der Waals surface area (Å²) in [6.45, 7) is 6.51. The molecule has 2 aromatic carbocycles. The summed E-state index contributed by atoms with van der Waals surface area (Å²) in [6.07, 6.45) is 0. The van der Waals surface area contributed by atoms with Crippen molar-refractivity contribution in [1.82, 2.24) is 9.78 Å². The molecule has 0 aliphatic carbocycles. The molecule has 0 radical (unpaired) electrons. The SMILES string of the molecule is Cn1nc(C(=O)Nc2ccc(F)cc2)cc1-c1ccc(C(C)(C)C)cc1. The highest BCUT2D eigenvalue weighted by Crippen LogP contribution is 2.26. The molecule has 1 heterocycles. The summed E-state index contributed by atoms with van der Waals surface area (Å²) in [5.41, 5.74) is 4.02. The molecule has 5 heteroatoms. The van der Waals surface area contributed by atoms with Crippen molar-refractivity contribution >= 4 is 11.6 Å². The Morgan fingerprint density at radius 3 is 2.23 bits per heavy atom. The first-order valence-electron chi connectivity index (χ1n) is 8.46. The molecule has 0 spiro atoms. The van der Waals surface area contributed by atoms with Gasteiger partial charge in [-0.05, 0) is 46.9 Å². The molecule has 3 rings (SSSR count). The fourth-order valence-electron chi connectivity index (χ4n) is 2.72. The number of nitrogens with one attached hydrogen (secondary N) is 1. The zero-order valence-corrected chi connectivity index (χ0v) is 15.4. The number of nitrogens with zero attached hydrogens (tertiary/aromatic N) is 2. The number of hydrogen-bond acceptors (Lipinski definition) is 2. The number of amides is 1. The van der Waals surface area contributed by atoms with Crippen molar-refractivity contribution in [3.8, 4) is 11.3 Å². The molecule has 0 aliphatic rings. The standard InChI is InChI=1S/C21H22FN3O/c1-21(2,3)15-7-5-14(6-8-15)19-13-18(24-25(19)4)20(26)23-17-11-9-16(22)10-12-17/h5-13H,1-4H3,(H,23,26). The van der Waals surface area contributed by atoms with Crippen molar-refractivity contribution in [2.45, 2.75) is 26.2 Å². The van der Waals surface area contributed by atoms with E-state index in [9.17, 15) is 9.18 Å². The van der Waals surface area contributed by atoms with E-state index in [-0.39, 0.29) is 17.1 Å². The topological polar surface area (TPSA) is 46.9 Å². The van der Waals surface area contributed by atoms with Gasteiger partial charge in [0, 0.05) is 12.7 Å². The minimum absolute atomic E-state index is 0.0885. The van der Waals surface area contributed by atoms with Crippen LogP contribution < -0.4 is 5.32 Å². The molecular weight excluding hydrogens is 329 g/mol. The maximum atomic E-state index is 13.0. The summed E-state index contributed by atoms with van der Waals surface area (Å²) in [7, 11) is 1.81. The highest BCUT2D eigenvalue weighted by Gasteiger charge is 2.16. The molecule has 134 valence electrons. The summed E-state index contributed by atoms with van der Waals surface area (Å²) >= 11 is 0. The van der Waals surface area contributed by atoms with Gasteiger partial charge in [-0.15, -0.1) is 0 Å². The smallest absolute Gasteiger partial charge is 0.276 e. The Balaban J connectivity index is 1.82. The van der Waals surface area contributed by atoms with Crippen LogP contribution in [0.3, 0.4) is 0 Å². The van der Waals surface area contributed by atoms with E-state index >= 15 is 0 Å². The van der Waals surface area contributed by atoms with E-state index in [1.165, 1.54) is 29.8 Å². The van der Waals surface area contributed by atoms with Gasteiger partial charge in [0.2, 0.25) is 0 Å². The minimum Gasteiger partial charge on any atom is -0.321 e. The molecule has 1 N–H and O–H groups in total. The van der Waals surface area contributed by atoms with Crippen LogP contribution in [0.2, 0.25) is 0 Å². The lowest BCUT2D eigenvalue weighted by Crippen LogP contribution is -2.12. The van der Waals surface area contributed by atoms with E-state index < -0.39 is 0 Å². The van der Waals surface area contributed by atoms with Gasteiger partial charge in [-0.3, -0.25) is 9.48 Å². The average molecular weight is 351 g/mol. The second-order valence-electron chi connectivity index (χ2n) is 7.33. The fraction of sp³-hybridized carbons (Fsp3) is 0.238. The maximum absolute atomic E-state index is 13.0. The predicted molar refractivity (Wildman–Crippen MR) is 102 cm³/mol. The fourth-order valence-corrected chi connectivity index (χ4v) is 2.72. The van der Waals surface area contributed by atoms with Crippen molar-refractivity contribution in [3.63, 3.8) is 0 Å². The van der Waals surface area contributed by atoms with E-state index in [1.807, 2.05) is 19.2 Å². The first kappa shape index (κ1) is 17.9. The van der Waals surface area contributed by atoms with Gasteiger partial charge in [-0.2, -0.15) is 5.10 Å².